The third kappa shape index (κ3) is 4.09. The lowest BCUT2D eigenvalue weighted by Crippen LogP contribution is -2.33. The van der Waals surface area contributed by atoms with Crippen LogP contribution in [0.2, 0.25) is 0 Å². The van der Waals surface area contributed by atoms with Crippen LogP contribution in [-0.4, -0.2) is 33.0 Å². The maximum absolute atomic E-state index is 12.9. The van der Waals surface area contributed by atoms with Crippen LogP contribution in [0.15, 0.2) is 53.0 Å². The summed E-state index contributed by atoms with van der Waals surface area (Å²) < 4.78 is 2.25. The SMILES string of the molecule is CC(Sc1nnc(Cc2cccs2)n1C1CC1)C(=O)N(C)c1ccccc1. The largest absolute Gasteiger partial charge is 0.315 e. The van der Waals surface area contributed by atoms with Crippen LogP contribution in [0.1, 0.15) is 36.5 Å². The Bertz CT molecular complexity index is 903. The van der Waals surface area contributed by atoms with Crippen molar-refractivity contribution in [3.63, 3.8) is 0 Å². The molecule has 0 N–H and O–H groups in total. The quantitative estimate of drug-likeness (QED) is 0.553. The standard InChI is InChI=1S/C20H22N4OS2/c1-14(19(25)23(2)15-7-4-3-5-8-15)27-20-22-21-18(24(20)16-10-11-16)13-17-9-6-12-26-17/h3-9,12,14,16H,10-11,13H2,1-2H3. The van der Waals surface area contributed by atoms with E-state index in [9.17, 15) is 4.79 Å². The zero-order chi connectivity index (χ0) is 18.8. The van der Waals surface area contributed by atoms with Gasteiger partial charge in [0, 0.05) is 30.1 Å². The number of hydrogen-bond donors (Lipinski definition) is 0. The number of anilines is 1. The van der Waals surface area contributed by atoms with Crippen LogP contribution >= 0.6 is 23.1 Å². The highest BCUT2D eigenvalue weighted by molar-refractivity contribution is 8.00. The van der Waals surface area contributed by atoms with Crippen molar-refractivity contribution >= 4 is 34.7 Å². The maximum Gasteiger partial charge on any atom is 0.240 e. The van der Waals surface area contributed by atoms with Crippen molar-refractivity contribution in [1.82, 2.24) is 14.8 Å². The number of thiophene rings is 1. The molecule has 1 fully saturated rings. The predicted molar refractivity (Wildman–Crippen MR) is 111 cm³/mol. The van der Waals surface area contributed by atoms with Gasteiger partial charge < -0.3 is 9.47 Å². The molecular formula is C20H22N4OS2. The van der Waals surface area contributed by atoms with Crippen molar-refractivity contribution in [1.29, 1.82) is 0 Å². The summed E-state index contributed by atoms with van der Waals surface area (Å²) >= 11 is 3.24. The molecule has 140 valence electrons. The highest BCUT2D eigenvalue weighted by Crippen LogP contribution is 2.40. The Labute approximate surface area is 167 Å². The van der Waals surface area contributed by atoms with Gasteiger partial charge in [-0.3, -0.25) is 4.79 Å². The third-order valence-corrected chi connectivity index (χ3v) is 6.58. The highest BCUT2D eigenvalue weighted by Gasteiger charge is 2.31. The Morgan fingerprint density at radius 2 is 2.04 bits per heavy atom. The van der Waals surface area contributed by atoms with Gasteiger partial charge >= 0.3 is 0 Å². The van der Waals surface area contributed by atoms with Crippen LogP contribution in [-0.2, 0) is 11.2 Å². The molecule has 27 heavy (non-hydrogen) atoms. The molecule has 0 spiro atoms. The van der Waals surface area contributed by atoms with Crippen LogP contribution in [0, 0.1) is 0 Å². The first-order valence-electron chi connectivity index (χ1n) is 9.09. The minimum atomic E-state index is -0.230. The smallest absolute Gasteiger partial charge is 0.240 e. The second-order valence-corrected chi connectivity index (χ2v) is 9.09. The molecule has 3 aromatic rings. The van der Waals surface area contributed by atoms with E-state index in [1.54, 1.807) is 16.2 Å². The summed E-state index contributed by atoms with van der Waals surface area (Å²) in [6.07, 6.45) is 3.12. The fourth-order valence-electron chi connectivity index (χ4n) is 3.04. The molecule has 2 heterocycles. The topological polar surface area (TPSA) is 51.0 Å². The Balaban J connectivity index is 1.50. The van der Waals surface area contributed by atoms with Crippen molar-refractivity contribution in [3.05, 3.63) is 58.5 Å². The first-order valence-corrected chi connectivity index (χ1v) is 10.8. The molecule has 1 aromatic carbocycles. The number of nitrogens with zero attached hydrogens (tertiary/aromatic N) is 4. The summed E-state index contributed by atoms with van der Waals surface area (Å²) in [7, 11) is 1.82. The van der Waals surface area contributed by atoms with E-state index in [1.807, 2.05) is 44.3 Å². The number of rotatable bonds is 7. The number of amides is 1. The van der Waals surface area contributed by atoms with Crippen LogP contribution < -0.4 is 4.90 Å². The molecule has 0 aliphatic heterocycles. The molecule has 1 aliphatic rings. The molecule has 0 saturated heterocycles. The van der Waals surface area contributed by atoms with Gasteiger partial charge in [-0.1, -0.05) is 36.0 Å². The van der Waals surface area contributed by atoms with Gasteiger partial charge in [0.25, 0.3) is 0 Å². The van der Waals surface area contributed by atoms with E-state index in [2.05, 4.69) is 32.3 Å². The number of carbonyl (C=O) groups is 1. The zero-order valence-electron chi connectivity index (χ0n) is 15.4. The molecule has 0 bridgehead atoms. The lowest BCUT2D eigenvalue weighted by atomic mass is 10.3. The summed E-state index contributed by atoms with van der Waals surface area (Å²) in [5, 5.41) is 11.6. The van der Waals surface area contributed by atoms with E-state index in [4.69, 9.17) is 0 Å². The average Bonchev–Trinajstić information content (AvgIpc) is 3.25. The maximum atomic E-state index is 12.9. The molecule has 4 rings (SSSR count). The number of benzene rings is 1. The Kier molecular flexibility index (Phi) is 5.31. The first kappa shape index (κ1) is 18.3. The Morgan fingerprint density at radius 3 is 2.70 bits per heavy atom. The second kappa shape index (κ2) is 7.86. The lowest BCUT2D eigenvalue weighted by molar-refractivity contribution is -0.117. The van der Waals surface area contributed by atoms with Crippen LogP contribution in [0.3, 0.4) is 0 Å². The monoisotopic (exact) mass is 398 g/mol. The fraction of sp³-hybridized carbons (Fsp3) is 0.350. The number of aromatic nitrogens is 3. The van der Waals surface area contributed by atoms with E-state index in [0.717, 1.165) is 35.9 Å². The number of carbonyl (C=O) groups excluding carboxylic acids is 1. The molecule has 1 atom stereocenters. The van der Waals surface area contributed by atoms with E-state index in [1.165, 1.54) is 16.6 Å². The molecular weight excluding hydrogens is 376 g/mol. The van der Waals surface area contributed by atoms with Crippen molar-refractivity contribution in [2.45, 2.75) is 42.6 Å². The summed E-state index contributed by atoms with van der Waals surface area (Å²) in [4.78, 5) is 15.9. The predicted octanol–water partition coefficient (Wildman–Crippen LogP) is 4.41. The molecule has 0 radical (unpaired) electrons. The second-order valence-electron chi connectivity index (χ2n) is 6.75. The minimum Gasteiger partial charge on any atom is -0.315 e. The molecule has 1 aliphatic carbocycles. The molecule has 5 nitrogen and oxygen atoms in total. The molecule has 1 amide bonds. The van der Waals surface area contributed by atoms with Gasteiger partial charge in [-0.25, -0.2) is 0 Å². The highest BCUT2D eigenvalue weighted by atomic mass is 32.2. The van der Waals surface area contributed by atoms with Gasteiger partial charge in [0.15, 0.2) is 5.16 Å². The van der Waals surface area contributed by atoms with Gasteiger partial charge in [0.2, 0.25) is 5.91 Å². The summed E-state index contributed by atoms with van der Waals surface area (Å²) in [5.74, 6) is 1.06. The van der Waals surface area contributed by atoms with E-state index < -0.39 is 0 Å². The van der Waals surface area contributed by atoms with Crippen LogP contribution in [0.5, 0.6) is 0 Å². The van der Waals surface area contributed by atoms with E-state index in [0.29, 0.717) is 6.04 Å². The first-order chi connectivity index (χ1) is 13.1. The summed E-state index contributed by atoms with van der Waals surface area (Å²) in [5.41, 5.74) is 0.900. The normalized spacial score (nSPS) is 14.9. The Hall–Kier alpha value is -2.12. The van der Waals surface area contributed by atoms with E-state index >= 15 is 0 Å². The third-order valence-electron chi connectivity index (χ3n) is 4.66. The molecule has 7 heteroatoms. The van der Waals surface area contributed by atoms with Crippen molar-refractivity contribution in [2.75, 3.05) is 11.9 Å². The fourth-order valence-corrected chi connectivity index (χ4v) is 4.77. The van der Waals surface area contributed by atoms with Crippen molar-refractivity contribution in [3.8, 4) is 0 Å². The van der Waals surface area contributed by atoms with Crippen molar-refractivity contribution in [2.24, 2.45) is 0 Å². The number of hydrogen-bond acceptors (Lipinski definition) is 5. The van der Waals surface area contributed by atoms with Gasteiger partial charge in [-0.15, -0.1) is 21.5 Å². The van der Waals surface area contributed by atoms with Gasteiger partial charge in [-0.2, -0.15) is 0 Å². The van der Waals surface area contributed by atoms with Crippen molar-refractivity contribution < 1.29 is 4.79 Å². The number of para-hydroxylation sites is 1. The van der Waals surface area contributed by atoms with Gasteiger partial charge in [0.1, 0.15) is 5.82 Å². The summed E-state index contributed by atoms with van der Waals surface area (Å²) in [6, 6.07) is 14.4. The van der Waals surface area contributed by atoms with Crippen LogP contribution in [0.25, 0.3) is 0 Å². The average molecular weight is 399 g/mol. The Morgan fingerprint density at radius 1 is 1.26 bits per heavy atom. The lowest BCUT2D eigenvalue weighted by Gasteiger charge is -2.21. The van der Waals surface area contributed by atoms with Gasteiger partial charge in [-0.05, 0) is 43.3 Å². The minimum absolute atomic E-state index is 0.0661. The summed E-state index contributed by atoms with van der Waals surface area (Å²) in [6.45, 7) is 1.94. The van der Waals surface area contributed by atoms with E-state index in [-0.39, 0.29) is 11.2 Å². The number of thioether (sulfide) groups is 1. The molecule has 2 aromatic heterocycles. The zero-order valence-corrected chi connectivity index (χ0v) is 17.0. The molecule has 1 saturated carbocycles. The van der Waals surface area contributed by atoms with Gasteiger partial charge in [0.05, 0.1) is 5.25 Å². The van der Waals surface area contributed by atoms with Crippen LogP contribution in [0.4, 0.5) is 5.69 Å². The molecule has 1 unspecified atom stereocenters.